The molecule has 0 heterocycles. The molecule has 0 aromatic rings. The number of hydrogen-bond acceptors (Lipinski definition) is 6. The molecule has 0 aromatic carbocycles. The van der Waals surface area contributed by atoms with E-state index in [4.69, 9.17) is 14.2 Å². The summed E-state index contributed by atoms with van der Waals surface area (Å²) in [7, 11) is 0. The predicted molar refractivity (Wildman–Crippen MR) is 325 cm³/mol. The molecule has 0 radical (unpaired) electrons. The third-order valence-electron chi connectivity index (χ3n) is 12.9. The maximum atomic E-state index is 12.9. The van der Waals surface area contributed by atoms with Crippen LogP contribution in [0.2, 0.25) is 0 Å². The minimum Gasteiger partial charge on any atom is -0.462 e. The van der Waals surface area contributed by atoms with E-state index < -0.39 is 6.10 Å². The van der Waals surface area contributed by atoms with Crippen LogP contribution in [-0.2, 0) is 28.6 Å². The van der Waals surface area contributed by atoms with E-state index >= 15 is 0 Å². The number of unbranched alkanes of at least 4 members (excludes halogenated alkanes) is 24. The molecule has 0 N–H and O–H groups in total. The topological polar surface area (TPSA) is 78.9 Å². The van der Waals surface area contributed by atoms with Crippen LogP contribution in [0.5, 0.6) is 0 Å². The number of carbonyl (C=O) groups is 3. The molecule has 6 nitrogen and oxygen atoms in total. The van der Waals surface area contributed by atoms with Gasteiger partial charge in [0.1, 0.15) is 13.2 Å². The van der Waals surface area contributed by atoms with Gasteiger partial charge < -0.3 is 14.2 Å². The van der Waals surface area contributed by atoms with Crippen LogP contribution in [-0.4, -0.2) is 37.2 Å². The molecule has 0 aliphatic rings. The fourth-order valence-corrected chi connectivity index (χ4v) is 8.26. The van der Waals surface area contributed by atoms with Gasteiger partial charge in [-0.25, -0.2) is 0 Å². The Morgan fingerprint density at radius 1 is 0.280 bits per heavy atom. The maximum absolute atomic E-state index is 12.9. The molecule has 0 amide bonds. The monoisotopic (exact) mass is 1040 g/mol. The molecule has 0 rings (SSSR count). The fraction of sp³-hybridized carbons (Fsp3) is 0.667. The molecule has 0 aliphatic heterocycles. The highest BCUT2D eigenvalue weighted by Crippen LogP contribution is 2.15. The fourth-order valence-electron chi connectivity index (χ4n) is 8.26. The van der Waals surface area contributed by atoms with Gasteiger partial charge in [-0.3, -0.25) is 14.4 Å². The van der Waals surface area contributed by atoms with Crippen LogP contribution >= 0.6 is 0 Å². The Hall–Kier alpha value is -4.19. The van der Waals surface area contributed by atoms with Crippen LogP contribution in [0.1, 0.15) is 278 Å². The Balaban J connectivity index is 4.36. The Kier molecular flexibility index (Phi) is 58.9. The number of carbonyl (C=O) groups excluding carboxylic acids is 3. The van der Waals surface area contributed by atoms with Gasteiger partial charge in [-0.15, -0.1) is 0 Å². The molecule has 0 fully saturated rings. The van der Waals surface area contributed by atoms with Crippen molar-refractivity contribution >= 4 is 17.9 Å². The van der Waals surface area contributed by atoms with Crippen LogP contribution in [0.3, 0.4) is 0 Å². The van der Waals surface area contributed by atoms with Crippen molar-refractivity contribution in [2.24, 2.45) is 0 Å². The van der Waals surface area contributed by atoms with Crippen molar-refractivity contribution in [2.75, 3.05) is 13.2 Å². The zero-order valence-electron chi connectivity index (χ0n) is 48.8. The molecular weight excluding hydrogens is 925 g/mol. The lowest BCUT2D eigenvalue weighted by Crippen LogP contribution is -2.30. The van der Waals surface area contributed by atoms with Crippen LogP contribution in [0.25, 0.3) is 0 Å². The maximum Gasteiger partial charge on any atom is 0.306 e. The lowest BCUT2D eigenvalue weighted by atomic mass is 10.1. The summed E-state index contributed by atoms with van der Waals surface area (Å²) in [5.41, 5.74) is 0. The zero-order valence-corrected chi connectivity index (χ0v) is 48.8. The minimum atomic E-state index is -0.795. The van der Waals surface area contributed by atoms with Gasteiger partial charge in [-0.2, -0.15) is 0 Å². The van der Waals surface area contributed by atoms with Crippen molar-refractivity contribution in [3.05, 3.63) is 122 Å². The van der Waals surface area contributed by atoms with Gasteiger partial charge in [0.05, 0.1) is 0 Å². The van der Waals surface area contributed by atoms with Crippen LogP contribution < -0.4 is 0 Å². The summed E-state index contributed by atoms with van der Waals surface area (Å²) < 4.78 is 16.9. The first kappa shape index (κ1) is 70.8. The van der Waals surface area contributed by atoms with Crippen LogP contribution in [0.4, 0.5) is 0 Å². The lowest BCUT2D eigenvalue weighted by Gasteiger charge is -2.18. The third kappa shape index (κ3) is 60.6. The van der Waals surface area contributed by atoms with Crippen molar-refractivity contribution < 1.29 is 28.6 Å². The molecule has 6 heteroatoms. The Morgan fingerprint density at radius 3 is 0.867 bits per heavy atom. The summed E-state index contributed by atoms with van der Waals surface area (Å²) in [6, 6.07) is 0. The number of esters is 3. The van der Waals surface area contributed by atoms with Gasteiger partial charge in [-0.1, -0.05) is 251 Å². The first-order valence-electron chi connectivity index (χ1n) is 31.0. The number of ether oxygens (including phenoxy) is 3. The third-order valence-corrected chi connectivity index (χ3v) is 12.9. The van der Waals surface area contributed by atoms with E-state index in [1.165, 1.54) is 96.3 Å². The molecule has 1 unspecified atom stereocenters. The molecule has 1 atom stereocenters. The van der Waals surface area contributed by atoms with Crippen molar-refractivity contribution in [2.45, 2.75) is 284 Å². The second-order valence-electron chi connectivity index (χ2n) is 20.2. The molecule has 0 bridgehead atoms. The zero-order chi connectivity index (χ0) is 54.3. The SMILES string of the molecule is CC/C=C\C/C=C\C/C=C\C/C=C\C/C=C\C/C=C\C/C=C\CCCCCCCC(=O)OCC(COC(=O)CCCCCCC/C=C\CCCC)OC(=O)CCCCCCCCCCC/C=C\C/C=C\CCCCC. The van der Waals surface area contributed by atoms with Gasteiger partial charge in [0, 0.05) is 19.3 Å². The summed E-state index contributed by atoms with van der Waals surface area (Å²) in [5.74, 6) is -0.924. The molecule has 0 saturated carbocycles. The average Bonchev–Trinajstić information content (AvgIpc) is 3.41. The van der Waals surface area contributed by atoms with Gasteiger partial charge in [0.25, 0.3) is 0 Å². The van der Waals surface area contributed by atoms with E-state index in [0.29, 0.717) is 19.3 Å². The summed E-state index contributed by atoms with van der Waals surface area (Å²) in [4.78, 5) is 38.2. The largest absolute Gasteiger partial charge is 0.462 e. The standard InChI is InChI=1S/C69H114O6/c1-4-7-10-13-16-19-22-24-26-28-30-31-32-33-34-35-36-37-39-40-42-44-47-50-53-56-59-62-68(71)74-65-66(64-73-67(70)61-58-55-52-49-46-21-18-15-12-9-6-3)75-69(72)63-60-57-54-51-48-45-43-41-38-29-27-25-23-20-17-14-11-8-5-2/h7,10,15-20,24-27,30-31,33-34,36-37,40,42,66H,4-6,8-9,11-14,21-23,28-29,32,35,38-39,41,43-65H2,1-3H3/b10-7-,18-15-,19-16-,20-17-,26-24-,27-25-,31-30-,34-33-,37-36-,42-40-. The summed E-state index contributed by atoms with van der Waals surface area (Å²) >= 11 is 0. The first-order chi connectivity index (χ1) is 37.0. The Bertz CT molecular complexity index is 1570. The highest BCUT2D eigenvalue weighted by atomic mass is 16.6. The van der Waals surface area contributed by atoms with E-state index in [9.17, 15) is 14.4 Å². The quantitative estimate of drug-likeness (QED) is 0.0261. The van der Waals surface area contributed by atoms with E-state index in [-0.39, 0.29) is 31.1 Å². The summed E-state index contributed by atoms with van der Waals surface area (Å²) in [6.07, 6.45) is 86.2. The van der Waals surface area contributed by atoms with E-state index in [2.05, 4.69) is 142 Å². The molecule has 0 spiro atoms. The van der Waals surface area contributed by atoms with Crippen molar-refractivity contribution in [1.82, 2.24) is 0 Å². The molecule has 0 aromatic heterocycles. The molecule has 426 valence electrons. The second kappa shape index (κ2) is 62.4. The lowest BCUT2D eigenvalue weighted by molar-refractivity contribution is -0.167. The highest BCUT2D eigenvalue weighted by Gasteiger charge is 2.19. The van der Waals surface area contributed by atoms with Gasteiger partial charge in [-0.05, 0) is 128 Å². The molecule has 0 saturated heterocycles. The van der Waals surface area contributed by atoms with Gasteiger partial charge in [0.2, 0.25) is 0 Å². The van der Waals surface area contributed by atoms with Crippen LogP contribution in [0, 0.1) is 0 Å². The minimum absolute atomic E-state index is 0.0924. The number of allylic oxidation sites excluding steroid dienone is 20. The second-order valence-corrected chi connectivity index (χ2v) is 20.2. The normalized spacial score (nSPS) is 12.9. The van der Waals surface area contributed by atoms with Gasteiger partial charge in [0.15, 0.2) is 6.10 Å². The molecular formula is C69H114O6. The van der Waals surface area contributed by atoms with Gasteiger partial charge >= 0.3 is 17.9 Å². The Labute approximate surface area is 462 Å². The molecule has 75 heavy (non-hydrogen) atoms. The smallest absolute Gasteiger partial charge is 0.306 e. The van der Waals surface area contributed by atoms with Crippen LogP contribution in [0.15, 0.2) is 122 Å². The Morgan fingerprint density at radius 2 is 0.533 bits per heavy atom. The summed E-state index contributed by atoms with van der Waals surface area (Å²) in [5, 5.41) is 0. The van der Waals surface area contributed by atoms with Crippen molar-refractivity contribution in [3.8, 4) is 0 Å². The first-order valence-corrected chi connectivity index (χ1v) is 31.0. The van der Waals surface area contributed by atoms with Crippen molar-refractivity contribution in [1.29, 1.82) is 0 Å². The number of hydrogen-bond donors (Lipinski definition) is 0. The number of rotatable bonds is 55. The van der Waals surface area contributed by atoms with E-state index in [0.717, 1.165) is 141 Å². The average molecular weight is 1040 g/mol. The van der Waals surface area contributed by atoms with E-state index in [1.54, 1.807) is 0 Å². The van der Waals surface area contributed by atoms with E-state index in [1.807, 2.05) is 0 Å². The van der Waals surface area contributed by atoms with Crippen molar-refractivity contribution in [3.63, 3.8) is 0 Å². The highest BCUT2D eigenvalue weighted by molar-refractivity contribution is 5.71. The molecule has 0 aliphatic carbocycles. The predicted octanol–water partition coefficient (Wildman–Crippen LogP) is 21.2. The summed E-state index contributed by atoms with van der Waals surface area (Å²) in [6.45, 7) is 6.44.